The summed E-state index contributed by atoms with van der Waals surface area (Å²) in [6, 6.07) is 12.1. The summed E-state index contributed by atoms with van der Waals surface area (Å²) in [5.41, 5.74) is 1.46. The molecule has 0 aliphatic rings. The van der Waals surface area contributed by atoms with Gasteiger partial charge in [-0.25, -0.2) is 0 Å². The average Bonchev–Trinajstić information content (AvgIpc) is 2.81. The highest BCUT2D eigenvalue weighted by molar-refractivity contribution is 5.95. The quantitative estimate of drug-likeness (QED) is 0.277. The number of amides is 1. The molecular formula is C23H32N4O5. The number of methoxy groups -OCH3 is 2. The number of nitro groups is 1. The van der Waals surface area contributed by atoms with Crippen LogP contribution in [0.3, 0.4) is 0 Å². The van der Waals surface area contributed by atoms with Gasteiger partial charge in [-0.15, -0.1) is 0 Å². The van der Waals surface area contributed by atoms with E-state index in [1.165, 1.54) is 6.07 Å². The zero-order valence-corrected chi connectivity index (χ0v) is 19.1. The summed E-state index contributed by atoms with van der Waals surface area (Å²) in [5, 5.41) is 17.4. The predicted octanol–water partition coefficient (Wildman–Crippen LogP) is 3.47. The Morgan fingerprint density at radius 3 is 2.53 bits per heavy atom. The van der Waals surface area contributed by atoms with Crippen molar-refractivity contribution in [3.8, 4) is 5.75 Å². The summed E-state index contributed by atoms with van der Waals surface area (Å²) < 4.78 is 10.3. The van der Waals surface area contributed by atoms with Gasteiger partial charge in [0.25, 0.3) is 11.6 Å². The molecule has 2 rings (SSSR count). The number of likely N-dealkylation sites (N-methyl/N-ethyl adjacent to an activating group) is 1. The molecule has 0 saturated carbocycles. The lowest BCUT2D eigenvalue weighted by atomic mass is 10.0. The number of hydrogen-bond donors (Lipinski definition) is 2. The summed E-state index contributed by atoms with van der Waals surface area (Å²) in [6.45, 7) is 6.94. The molecule has 2 aromatic carbocycles. The average molecular weight is 445 g/mol. The molecule has 9 nitrogen and oxygen atoms in total. The second-order valence-corrected chi connectivity index (χ2v) is 7.13. The summed E-state index contributed by atoms with van der Waals surface area (Å²) in [6.07, 6.45) is 0. The van der Waals surface area contributed by atoms with E-state index in [0.717, 1.165) is 24.4 Å². The highest BCUT2D eigenvalue weighted by Crippen LogP contribution is 2.26. The molecule has 0 bridgehead atoms. The Balaban J connectivity index is 2.19. The molecule has 174 valence electrons. The van der Waals surface area contributed by atoms with Gasteiger partial charge in [-0.3, -0.25) is 19.8 Å². The van der Waals surface area contributed by atoms with Crippen LogP contribution < -0.4 is 15.4 Å². The van der Waals surface area contributed by atoms with E-state index in [0.29, 0.717) is 25.4 Å². The zero-order chi connectivity index (χ0) is 23.5. The summed E-state index contributed by atoms with van der Waals surface area (Å²) in [4.78, 5) is 26.1. The predicted molar refractivity (Wildman–Crippen MR) is 124 cm³/mol. The van der Waals surface area contributed by atoms with E-state index < -0.39 is 4.92 Å². The molecule has 0 aliphatic heterocycles. The van der Waals surface area contributed by atoms with Gasteiger partial charge < -0.3 is 20.1 Å². The van der Waals surface area contributed by atoms with Crippen molar-refractivity contribution in [1.82, 2.24) is 10.2 Å². The van der Waals surface area contributed by atoms with Gasteiger partial charge in [0.05, 0.1) is 24.7 Å². The SMILES string of the molecule is CCN(CC)[C@H](CNC(=O)c1ccc(NCCOC)c([N+](=O)[O-])c1)c1cccc(OC)c1. The second-order valence-electron chi connectivity index (χ2n) is 7.13. The van der Waals surface area contributed by atoms with Crippen LogP contribution in [0.2, 0.25) is 0 Å². The zero-order valence-electron chi connectivity index (χ0n) is 19.1. The minimum absolute atomic E-state index is 0.0611. The Morgan fingerprint density at radius 2 is 1.91 bits per heavy atom. The third kappa shape index (κ3) is 6.66. The van der Waals surface area contributed by atoms with Crippen LogP contribution in [-0.4, -0.2) is 62.7 Å². The van der Waals surface area contributed by atoms with Crippen LogP contribution in [0.15, 0.2) is 42.5 Å². The second kappa shape index (κ2) is 12.6. The Labute approximate surface area is 188 Å². The van der Waals surface area contributed by atoms with Crippen molar-refractivity contribution in [1.29, 1.82) is 0 Å². The first-order chi connectivity index (χ1) is 15.4. The molecule has 1 atom stereocenters. The molecule has 0 saturated heterocycles. The van der Waals surface area contributed by atoms with Crippen molar-refractivity contribution >= 4 is 17.3 Å². The van der Waals surface area contributed by atoms with Crippen molar-refractivity contribution in [3.05, 3.63) is 63.7 Å². The van der Waals surface area contributed by atoms with Gasteiger partial charge in [0, 0.05) is 31.8 Å². The van der Waals surface area contributed by atoms with Gasteiger partial charge in [0.1, 0.15) is 11.4 Å². The molecule has 0 aliphatic carbocycles. The van der Waals surface area contributed by atoms with Crippen LogP contribution >= 0.6 is 0 Å². The number of carbonyl (C=O) groups is 1. The molecule has 9 heteroatoms. The maximum absolute atomic E-state index is 12.8. The van der Waals surface area contributed by atoms with E-state index in [9.17, 15) is 14.9 Å². The number of carbonyl (C=O) groups excluding carboxylic acids is 1. The number of nitro benzene ring substituents is 1. The summed E-state index contributed by atoms with van der Waals surface area (Å²) in [7, 11) is 3.18. The number of nitrogens with zero attached hydrogens (tertiary/aromatic N) is 2. The normalized spacial score (nSPS) is 11.8. The monoisotopic (exact) mass is 444 g/mol. The Morgan fingerprint density at radius 1 is 1.16 bits per heavy atom. The van der Waals surface area contributed by atoms with Crippen LogP contribution in [0.4, 0.5) is 11.4 Å². The molecule has 32 heavy (non-hydrogen) atoms. The molecule has 0 unspecified atom stereocenters. The molecule has 1 amide bonds. The lowest BCUT2D eigenvalue weighted by molar-refractivity contribution is -0.384. The van der Waals surface area contributed by atoms with Gasteiger partial charge >= 0.3 is 0 Å². The van der Waals surface area contributed by atoms with Crippen molar-refractivity contribution in [2.24, 2.45) is 0 Å². The Bertz CT molecular complexity index is 902. The van der Waals surface area contributed by atoms with Crippen LogP contribution in [-0.2, 0) is 4.74 Å². The van der Waals surface area contributed by atoms with Crippen molar-refractivity contribution in [2.75, 3.05) is 52.3 Å². The molecule has 2 aromatic rings. The number of ether oxygens (including phenoxy) is 2. The highest BCUT2D eigenvalue weighted by Gasteiger charge is 2.21. The standard InChI is InChI=1S/C23H32N4O5/c1-5-26(6-2)22(17-8-7-9-19(14-17)32-4)16-25-23(28)18-10-11-20(24-12-13-31-3)21(15-18)27(29)30/h7-11,14-15,22,24H,5-6,12-13,16H2,1-4H3,(H,25,28)/t22-/m1/s1. The molecule has 0 radical (unpaired) electrons. The van der Waals surface area contributed by atoms with Gasteiger partial charge in [-0.1, -0.05) is 26.0 Å². The van der Waals surface area contributed by atoms with Gasteiger partial charge in [-0.2, -0.15) is 0 Å². The number of nitrogens with one attached hydrogen (secondary N) is 2. The topological polar surface area (TPSA) is 106 Å². The maximum Gasteiger partial charge on any atom is 0.293 e. The smallest absolute Gasteiger partial charge is 0.293 e. The fraction of sp³-hybridized carbons (Fsp3) is 0.435. The Hall–Kier alpha value is -3.17. The number of rotatable bonds is 13. The number of benzene rings is 2. The van der Waals surface area contributed by atoms with E-state index in [4.69, 9.17) is 9.47 Å². The molecule has 0 fully saturated rings. The lowest BCUT2D eigenvalue weighted by Gasteiger charge is -2.30. The molecule has 0 heterocycles. The third-order valence-electron chi connectivity index (χ3n) is 5.27. The van der Waals surface area contributed by atoms with Crippen LogP contribution in [0.25, 0.3) is 0 Å². The molecule has 2 N–H and O–H groups in total. The van der Waals surface area contributed by atoms with E-state index in [1.54, 1.807) is 26.4 Å². The van der Waals surface area contributed by atoms with Crippen LogP contribution in [0.5, 0.6) is 5.75 Å². The molecular weight excluding hydrogens is 412 g/mol. The first-order valence-electron chi connectivity index (χ1n) is 10.6. The van der Waals surface area contributed by atoms with Crippen LogP contribution in [0, 0.1) is 10.1 Å². The third-order valence-corrected chi connectivity index (χ3v) is 5.27. The largest absolute Gasteiger partial charge is 0.497 e. The van der Waals surface area contributed by atoms with Crippen molar-refractivity contribution < 1.29 is 19.2 Å². The van der Waals surface area contributed by atoms with E-state index in [2.05, 4.69) is 29.4 Å². The number of hydrogen-bond acceptors (Lipinski definition) is 7. The maximum atomic E-state index is 12.8. The summed E-state index contributed by atoms with van der Waals surface area (Å²) >= 11 is 0. The van der Waals surface area contributed by atoms with Gasteiger partial charge in [0.2, 0.25) is 0 Å². The summed E-state index contributed by atoms with van der Waals surface area (Å²) in [5.74, 6) is 0.384. The lowest BCUT2D eigenvalue weighted by Crippen LogP contribution is -2.38. The number of anilines is 1. The first-order valence-corrected chi connectivity index (χ1v) is 10.6. The molecule has 0 aromatic heterocycles. The van der Waals surface area contributed by atoms with Crippen molar-refractivity contribution in [2.45, 2.75) is 19.9 Å². The Kier molecular flexibility index (Phi) is 9.90. The highest BCUT2D eigenvalue weighted by atomic mass is 16.6. The van der Waals surface area contributed by atoms with E-state index in [1.807, 2.05) is 24.3 Å². The minimum atomic E-state index is -0.499. The van der Waals surface area contributed by atoms with Gasteiger partial charge in [-0.05, 0) is 42.9 Å². The van der Waals surface area contributed by atoms with Crippen LogP contribution in [0.1, 0.15) is 35.8 Å². The first kappa shape index (κ1) is 25.1. The molecule has 0 spiro atoms. The minimum Gasteiger partial charge on any atom is -0.497 e. The van der Waals surface area contributed by atoms with E-state index in [-0.39, 0.29) is 23.2 Å². The van der Waals surface area contributed by atoms with Crippen molar-refractivity contribution in [3.63, 3.8) is 0 Å². The van der Waals surface area contributed by atoms with Gasteiger partial charge in [0.15, 0.2) is 0 Å². The van der Waals surface area contributed by atoms with E-state index >= 15 is 0 Å². The fourth-order valence-electron chi connectivity index (χ4n) is 3.52. The fourth-order valence-corrected chi connectivity index (χ4v) is 3.52.